The van der Waals surface area contributed by atoms with Gasteiger partial charge in [0.05, 0.1) is 11.0 Å². The second kappa shape index (κ2) is 6.03. The summed E-state index contributed by atoms with van der Waals surface area (Å²) in [6.45, 7) is 10.9. The van der Waals surface area contributed by atoms with Crippen LogP contribution in [0.15, 0.2) is 36.4 Å². The van der Waals surface area contributed by atoms with Crippen LogP contribution in [0.5, 0.6) is 0 Å². The lowest BCUT2D eigenvalue weighted by Crippen LogP contribution is -2.43. The number of carbonyl (C=O) groups is 1. The van der Waals surface area contributed by atoms with Gasteiger partial charge >= 0.3 is 0 Å². The van der Waals surface area contributed by atoms with Gasteiger partial charge < -0.3 is 10.0 Å². The lowest BCUT2D eigenvalue weighted by Gasteiger charge is -2.41. The topological polar surface area (TPSA) is 40.5 Å². The summed E-state index contributed by atoms with van der Waals surface area (Å²) < 4.78 is 0. The molecule has 1 aromatic rings. The van der Waals surface area contributed by atoms with E-state index in [4.69, 9.17) is 0 Å². The molecule has 3 heteroatoms. The molecule has 0 bridgehead atoms. The summed E-state index contributed by atoms with van der Waals surface area (Å²) >= 11 is 0. The van der Waals surface area contributed by atoms with E-state index in [0.717, 1.165) is 37.1 Å². The minimum Gasteiger partial charge on any atom is -0.386 e. The van der Waals surface area contributed by atoms with E-state index in [9.17, 15) is 9.90 Å². The average Bonchev–Trinajstić information content (AvgIpc) is 2.87. The van der Waals surface area contributed by atoms with Crippen LogP contribution < -0.4 is 4.90 Å². The van der Waals surface area contributed by atoms with Crippen LogP contribution in [0.25, 0.3) is 0 Å². The van der Waals surface area contributed by atoms with Gasteiger partial charge in [-0.05, 0) is 68.2 Å². The average molecular weight is 327 g/mol. The predicted molar refractivity (Wildman–Crippen MR) is 98.2 cm³/mol. The molecule has 2 aliphatic rings. The van der Waals surface area contributed by atoms with Crippen LogP contribution in [0.3, 0.4) is 0 Å². The molecule has 1 aliphatic heterocycles. The third kappa shape index (κ3) is 2.79. The molecule has 1 heterocycles. The number of aliphatic hydroxyl groups is 1. The van der Waals surface area contributed by atoms with Gasteiger partial charge in [-0.15, -0.1) is 0 Å². The molecule has 1 aliphatic carbocycles. The zero-order valence-electron chi connectivity index (χ0n) is 15.1. The van der Waals surface area contributed by atoms with Gasteiger partial charge in [-0.3, -0.25) is 4.79 Å². The van der Waals surface area contributed by atoms with Crippen molar-refractivity contribution in [3.63, 3.8) is 0 Å². The molecule has 130 valence electrons. The molecule has 1 saturated carbocycles. The van der Waals surface area contributed by atoms with Crippen LogP contribution in [-0.2, 0) is 4.79 Å². The maximum Gasteiger partial charge on any atom is 0.233 e. The largest absolute Gasteiger partial charge is 0.386 e. The van der Waals surface area contributed by atoms with E-state index < -0.39 is 5.60 Å². The second-order valence-corrected chi connectivity index (χ2v) is 8.05. The van der Waals surface area contributed by atoms with Gasteiger partial charge in [0.15, 0.2) is 0 Å². The molecule has 0 radical (unpaired) electrons. The maximum absolute atomic E-state index is 13.1. The molecular weight excluding hydrogens is 298 g/mol. The quantitative estimate of drug-likeness (QED) is 0.835. The smallest absolute Gasteiger partial charge is 0.233 e. The lowest BCUT2D eigenvalue weighted by atomic mass is 9.66. The number of hydrogen-bond acceptors (Lipinski definition) is 2. The Morgan fingerprint density at radius 1 is 1.12 bits per heavy atom. The molecule has 1 amide bonds. The van der Waals surface area contributed by atoms with Gasteiger partial charge in [-0.1, -0.05) is 32.6 Å². The number of nitrogens with zero attached hydrogens (tertiary/aromatic N) is 1. The fourth-order valence-electron chi connectivity index (χ4n) is 4.14. The molecule has 0 unspecified atom stereocenters. The standard InChI is InChI=1S/C21H29NO2/c1-15(2)17-5-7-18(8-6-17)22-14-13-20(19(22)23)9-11-21(24,12-10-20)16(3)4/h5-8,15,24H,3,9-14H2,1-2,4H3. The first-order valence-electron chi connectivity index (χ1n) is 9.08. The molecule has 0 aromatic heterocycles. The van der Waals surface area contributed by atoms with E-state index in [0.29, 0.717) is 18.8 Å². The summed E-state index contributed by atoms with van der Waals surface area (Å²) in [5, 5.41) is 10.6. The van der Waals surface area contributed by atoms with E-state index >= 15 is 0 Å². The summed E-state index contributed by atoms with van der Waals surface area (Å²) in [6.07, 6.45) is 3.71. The molecule has 24 heavy (non-hydrogen) atoms. The van der Waals surface area contributed by atoms with Crippen LogP contribution in [-0.4, -0.2) is 23.2 Å². The Morgan fingerprint density at radius 2 is 1.71 bits per heavy atom. The predicted octanol–water partition coefficient (Wildman–Crippen LogP) is 4.41. The zero-order chi connectivity index (χ0) is 17.5. The molecule has 0 atom stereocenters. The van der Waals surface area contributed by atoms with E-state index in [-0.39, 0.29) is 11.3 Å². The van der Waals surface area contributed by atoms with Crippen molar-refractivity contribution in [1.29, 1.82) is 0 Å². The number of amides is 1. The first-order valence-corrected chi connectivity index (χ1v) is 9.08. The van der Waals surface area contributed by atoms with Crippen molar-refractivity contribution in [2.45, 2.75) is 64.4 Å². The van der Waals surface area contributed by atoms with Crippen LogP contribution in [0.4, 0.5) is 5.69 Å². The number of rotatable bonds is 3. The molecule has 1 N–H and O–H groups in total. The third-order valence-electron chi connectivity index (χ3n) is 6.21. The Hall–Kier alpha value is -1.61. The SMILES string of the molecule is C=C(C)C1(O)CCC2(CCN(c3ccc(C(C)C)cc3)C2=O)CC1. The Morgan fingerprint density at radius 3 is 2.21 bits per heavy atom. The van der Waals surface area contributed by atoms with Crippen LogP contribution in [0, 0.1) is 5.41 Å². The molecule has 3 nitrogen and oxygen atoms in total. The van der Waals surface area contributed by atoms with Gasteiger partial charge in [0.1, 0.15) is 0 Å². The van der Waals surface area contributed by atoms with Gasteiger partial charge in [0.25, 0.3) is 0 Å². The Labute approximate surface area is 145 Å². The van der Waals surface area contributed by atoms with Crippen molar-refractivity contribution >= 4 is 11.6 Å². The molecule has 1 aromatic carbocycles. The Kier molecular flexibility index (Phi) is 4.33. The fourth-order valence-corrected chi connectivity index (χ4v) is 4.14. The third-order valence-corrected chi connectivity index (χ3v) is 6.21. The molecule has 3 rings (SSSR count). The monoisotopic (exact) mass is 327 g/mol. The van der Waals surface area contributed by atoms with Gasteiger partial charge in [0, 0.05) is 12.2 Å². The van der Waals surface area contributed by atoms with Gasteiger partial charge in [-0.25, -0.2) is 0 Å². The zero-order valence-corrected chi connectivity index (χ0v) is 15.1. The van der Waals surface area contributed by atoms with E-state index in [1.807, 2.05) is 11.8 Å². The van der Waals surface area contributed by atoms with Crippen molar-refractivity contribution in [2.75, 3.05) is 11.4 Å². The van der Waals surface area contributed by atoms with Crippen molar-refractivity contribution < 1.29 is 9.90 Å². The van der Waals surface area contributed by atoms with Crippen molar-refractivity contribution in [2.24, 2.45) is 5.41 Å². The van der Waals surface area contributed by atoms with E-state index in [1.165, 1.54) is 5.56 Å². The molecule has 1 saturated heterocycles. The molecule has 1 spiro atoms. The highest BCUT2D eigenvalue weighted by Gasteiger charge is 2.51. The number of anilines is 1. The number of carbonyl (C=O) groups excluding carboxylic acids is 1. The molecule has 2 fully saturated rings. The summed E-state index contributed by atoms with van der Waals surface area (Å²) in [5.74, 6) is 0.737. The minimum absolute atomic E-state index is 0.239. The van der Waals surface area contributed by atoms with Gasteiger partial charge in [0.2, 0.25) is 5.91 Å². The first kappa shape index (κ1) is 17.2. The minimum atomic E-state index is -0.780. The first-order chi connectivity index (χ1) is 11.3. The summed E-state index contributed by atoms with van der Waals surface area (Å²) in [7, 11) is 0. The van der Waals surface area contributed by atoms with E-state index in [1.54, 1.807) is 0 Å². The highest BCUT2D eigenvalue weighted by atomic mass is 16.3. The highest BCUT2D eigenvalue weighted by Crippen LogP contribution is 2.49. The number of hydrogen-bond donors (Lipinski definition) is 1. The van der Waals surface area contributed by atoms with E-state index in [2.05, 4.69) is 44.7 Å². The summed E-state index contributed by atoms with van der Waals surface area (Å²) in [4.78, 5) is 15.0. The fraction of sp³-hybridized carbons (Fsp3) is 0.571. The van der Waals surface area contributed by atoms with Crippen LogP contribution in [0.1, 0.15) is 64.4 Å². The maximum atomic E-state index is 13.1. The van der Waals surface area contributed by atoms with Crippen LogP contribution >= 0.6 is 0 Å². The van der Waals surface area contributed by atoms with Crippen molar-refractivity contribution in [3.8, 4) is 0 Å². The van der Waals surface area contributed by atoms with Crippen molar-refractivity contribution in [3.05, 3.63) is 42.0 Å². The van der Waals surface area contributed by atoms with Gasteiger partial charge in [-0.2, -0.15) is 0 Å². The summed E-state index contributed by atoms with van der Waals surface area (Å²) in [5.41, 5.74) is 2.06. The highest BCUT2D eigenvalue weighted by molar-refractivity contribution is 6.00. The number of benzene rings is 1. The van der Waals surface area contributed by atoms with Crippen molar-refractivity contribution in [1.82, 2.24) is 0 Å². The summed E-state index contributed by atoms with van der Waals surface area (Å²) in [6, 6.07) is 8.39. The Balaban J connectivity index is 1.75. The van der Waals surface area contributed by atoms with Crippen LogP contribution in [0.2, 0.25) is 0 Å². The second-order valence-electron chi connectivity index (χ2n) is 8.05. The normalized spacial score (nSPS) is 30.4. The molecular formula is C21H29NO2. The Bertz CT molecular complexity index is 636. The lowest BCUT2D eigenvalue weighted by molar-refractivity contribution is -0.129.